The van der Waals surface area contributed by atoms with E-state index in [0.717, 1.165) is 6.54 Å². The van der Waals surface area contributed by atoms with Crippen molar-refractivity contribution in [2.45, 2.75) is 12.1 Å². The van der Waals surface area contributed by atoms with Gasteiger partial charge < -0.3 is 30.5 Å². The summed E-state index contributed by atoms with van der Waals surface area (Å²) < 4.78 is 5.43. The number of aliphatic hydroxyl groups excluding tert-OH is 1. The monoisotopic (exact) mass is 261 g/mol. The quantitative estimate of drug-likeness (QED) is 0.458. The van der Waals surface area contributed by atoms with Crippen molar-refractivity contribution in [1.29, 1.82) is 0 Å². The lowest BCUT2D eigenvalue weighted by molar-refractivity contribution is -0.140. The van der Waals surface area contributed by atoms with E-state index in [1.54, 1.807) is 0 Å². The highest BCUT2D eigenvalue weighted by Crippen LogP contribution is 2.01. The number of carbonyl (C=O) groups excluding carboxylic acids is 1. The van der Waals surface area contributed by atoms with E-state index in [9.17, 15) is 9.59 Å². The van der Waals surface area contributed by atoms with Gasteiger partial charge >= 0.3 is 12.0 Å². The van der Waals surface area contributed by atoms with Crippen LogP contribution in [0.15, 0.2) is 0 Å². The smallest absolute Gasteiger partial charge is 0.328 e. The van der Waals surface area contributed by atoms with E-state index in [-0.39, 0.29) is 6.10 Å². The Bertz CT molecular complexity index is 299. The number of carboxylic acids is 1. The Labute approximate surface area is 105 Å². The molecule has 0 spiro atoms. The van der Waals surface area contributed by atoms with Gasteiger partial charge in [-0.1, -0.05) is 0 Å². The van der Waals surface area contributed by atoms with Gasteiger partial charge in [-0.25, -0.2) is 9.59 Å². The molecule has 1 saturated heterocycles. The Balaban J connectivity index is 2.25. The summed E-state index contributed by atoms with van der Waals surface area (Å²) in [5.74, 6) is -1.28. The van der Waals surface area contributed by atoms with E-state index >= 15 is 0 Å². The number of hydrogen-bond acceptors (Lipinski definition) is 5. The highest BCUT2D eigenvalue weighted by molar-refractivity contribution is 5.82. The van der Waals surface area contributed by atoms with Gasteiger partial charge in [-0.2, -0.15) is 0 Å². The number of amides is 2. The number of ether oxygens (including phenoxy) is 1. The lowest BCUT2D eigenvalue weighted by atomic mass is 10.3. The number of hydrogen-bond donors (Lipinski definition) is 4. The topological polar surface area (TPSA) is 111 Å². The third-order valence-corrected chi connectivity index (χ3v) is 2.62. The van der Waals surface area contributed by atoms with Crippen LogP contribution in [0.4, 0.5) is 4.79 Å². The van der Waals surface area contributed by atoms with Gasteiger partial charge in [-0.3, -0.25) is 0 Å². The SMILES string of the molecule is CN1CCOC(CNC(=O)N[C@H](CO)C(=O)O)C1. The maximum atomic E-state index is 11.4. The van der Waals surface area contributed by atoms with Crippen LogP contribution in [0, 0.1) is 0 Å². The second-order valence-electron chi connectivity index (χ2n) is 4.18. The van der Waals surface area contributed by atoms with Gasteiger partial charge in [0.05, 0.1) is 19.3 Å². The number of carbonyl (C=O) groups is 2. The second-order valence-corrected chi connectivity index (χ2v) is 4.18. The largest absolute Gasteiger partial charge is 0.480 e. The summed E-state index contributed by atoms with van der Waals surface area (Å²) in [6, 6.07) is -1.92. The van der Waals surface area contributed by atoms with Crippen molar-refractivity contribution in [2.75, 3.05) is 39.9 Å². The number of aliphatic carboxylic acids is 1. The van der Waals surface area contributed by atoms with E-state index in [2.05, 4.69) is 15.5 Å². The minimum absolute atomic E-state index is 0.105. The van der Waals surface area contributed by atoms with Crippen LogP contribution in [-0.2, 0) is 9.53 Å². The maximum absolute atomic E-state index is 11.4. The maximum Gasteiger partial charge on any atom is 0.328 e. The average Bonchev–Trinajstić information content (AvgIpc) is 2.33. The summed E-state index contributed by atoms with van der Waals surface area (Å²) in [4.78, 5) is 24.0. The first-order chi connectivity index (χ1) is 8.52. The van der Waals surface area contributed by atoms with Crippen molar-refractivity contribution in [3.8, 4) is 0 Å². The summed E-state index contributed by atoms with van der Waals surface area (Å²) in [6.45, 7) is 1.83. The van der Waals surface area contributed by atoms with Gasteiger partial charge in [-0.05, 0) is 7.05 Å². The molecule has 18 heavy (non-hydrogen) atoms. The fraction of sp³-hybridized carbons (Fsp3) is 0.800. The van der Waals surface area contributed by atoms with Gasteiger partial charge in [0, 0.05) is 19.6 Å². The van der Waals surface area contributed by atoms with Crippen LogP contribution in [0.5, 0.6) is 0 Å². The van der Waals surface area contributed by atoms with Crippen LogP contribution in [0.1, 0.15) is 0 Å². The third-order valence-electron chi connectivity index (χ3n) is 2.62. The predicted octanol–water partition coefficient (Wildman–Crippen LogP) is -1.94. The lowest BCUT2D eigenvalue weighted by Crippen LogP contribution is -2.51. The zero-order valence-corrected chi connectivity index (χ0v) is 10.3. The molecule has 4 N–H and O–H groups in total. The molecule has 8 nitrogen and oxygen atoms in total. The van der Waals surface area contributed by atoms with Crippen LogP contribution >= 0.6 is 0 Å². The van der Waals surface area contributed by atoms with E-state index in [4.69, 9.17) is 14.9 Å². The van der Waals surface area contributed by atoms with E-state index < -0.39 is 24.6 Å². The van der Waals surface area contributed by atoms with Gasteiger partial charge in [-0.15, -0.1) is 0 Å². The molecular weight excluding hydrogens is 242 g/mol. The molecule has 1 heterocycles. The van der Waals surface area contributed by atoms with Crippen molar-refractivity contribution < 1.29 is 24.5 Å². The molecule has 1 fully saturated rings. The molecule has 1 rings (SSSR count). The van der Waals surface area contributed by atoms with Crippen molar-refractivity contribution in [3.05, 3.63) is 0 Å². The van der Waals surface area contributed by atoms with Crippen LogP contribution in [0.3, 0.4) is 0 Å². The normalized spacial score (nSPS) is 22.2. The standard InChI is InChI=1S/C10H19N3O5/c1-13-2-3-18-7(5-13)4-11-10(17)12-8(6-14)9(15)16/h7-8,14H,2-6H2,1H3,(H,15,16)(H2,11,12,17)/t7?,8-/m1/s1. The lowest BCUT2D eigenvalue weighted by Gasteiger charge is -2.30. The van der Waals surface area contributed by atoms with Crippen LogP contribution in [0.2, 0.25) is 0 Å². The van der Waals surface area contributed by atoms with Crippen LogP contribution in [-0.4, -0.2) is 79.2 Å². The molecule has 104 valence electrons. The molecule has 1 aliphatic heterocycles. The zero-order chi connectivity index (χ0) is 13.5. The summed E-state index contributed by atoms with van der Waals surface area (Å²) in [7, 11) is 1.96. The van der Waals surface area contributed by atoms with Gasteiger partial charge in [0.15, 0.2) is 6.04 Å². The Morgan fingerprint density at radius 1 is 1.56 bits per heavy atom. The van der Waals surface area contributed by atoms with E-state index in [1.807, 2.05) is 7.05 Å². The first-order valence-electron chi connectivity index (χ1n) is 5.71. The number of nitrogens with zero attached hydrogens (tertiary/aromatic N) is 1. The molecule has 0 radical (unpaired) electrons. The second kappa shape index (κ2) is 7.14. The van der Waals surface area contributed by atoms with Crippen molar-refractivity contribution in [1.82, 2.24) is 15.5 Å². The predicted molar refractivity (Wildman–Crippen MR) is 62.3 cm³/mol. The summed E-state index contributed by atoms with van der Waals surface area (Å²) in [5, 5.41) is 22.0. The molecular formula is C10H19N3O5. The molecule has 1 unspecified atom stereocenters. The molecule has 0 aromatic carbocycles. The Morgan fingerprint density at radius 3 is 2.83 bits per heavy atom. The number of carboxylic acid groups (broad SMARTS) is 1. The van der Waals surface area contributed by atoms with Gasteiger partial charge in [0.1, 0.15) is 0 Å². The van der Waals surface area contributed by atoms with E-state index in [1.165, 1.54) is 0 Å². The number of morpholine rings is 1. The number of rotatable bonds is 5. The summed E-state index contributed by atoms with van der Waals surface area (Å²) in [6.07, 6.45) is -0.105. The van der Waals surface area contributed by atoms with Gasteiger partial charge in [0.2, 0.25) is 0 Å². The van der Waals surface area contributed by atoms with Crippen molar-refractivity contribution in [3.63, 3.8) is 0 Å². The number of aliphatic hydroxyl groups is 1. The molecule has 0 aromatic rings. The Morgan fingerprint density at radius 2 is 2.28 bits per heavy atom. The molecule has 2 atom stereocenters. The minimum atomic E-state index is -1.29. The first-order valence-corrected chi connectivity index (χ1v) is 5.71. The fourth-order valence-electron chi connectivity index (χ4n) is 1.59. The molecule has 0 bridgehead atoms. The Hall–Kier alpha value is -1.38. The molecule has 0 aliphatic carbocycles. The number of urea groups is 1. The number of likely N-dealkylation sites (N-methyl/N-ethyl adjacent to an activating group) is 1. The molecule has 0 saturated carbocycles. The third kappa shape index (κ3) is 4.86. The molecule has 8 heteroatoms. The summed E-state index contributed by atoms with van der Waals surface area (Å²) in [5.41, 5.74) is 0. The Kier molecular flexibility index (Phi) is 5.83. The van der Waals surface area contributed by atoms with Crippen LogP contribution < -0.4 is 10.6 Å². The van der Waals surface area contributed by atoms with Crippen LogP contribution in [0.25, 0.3) is 0 Å². The van der Waals surface area contributed by atoms with Gasteiger partial charge in [0.25, 0.3) is 0 Å². The molecule has 2 amide bonds. The van der Waals surface area contributed by atoms with Crippen molar-refractivity contribution in [2.24, 2.45) is 0 Å². The number of nitrogens with one attached hydrogen (secondary N) is 2. The summed E-state index contributed by atoms with van der Waals surface area (Å²) >= 11 is 0. The molecule has 0 aromatic heterocycles. The van der Waals surface area contributed by atoms with E-state index in [0.29, 0.717) is 19.7 Å². The molecule has 1 aliphatic rings. The fourth-order valence-corrected chi connectivity index (χ4v) is 1.59. The van der Waals surface area contributed by atoms with Crippen molar-refractivity contribution >= 4 is 12.0 Å². The zero-order valence-electron chi connectivity index (χ0n) is 10.3. The average molecular weight is 261 g/mol. The minimum Gasteiger partial charge on any atom is -0.480 e. The first kappa shape index (κ1) is 14.7. The highest BCUT2D eigenvalue weighted by atomic mass is 16.5. The highest BCUT2D eigenvalue weighted by Gasteiger charge is 2.21.